The molecule has 19 heavy (non-hydrogen) atoms. The number of hydrogen-bond donors (Lipinski definition) is 2. The van der Waals surface area contributed by atoms with Crippen molar-refractivity contribution in [2.24, 2.45) is 16.8 Å². The van der Waals surface area contributed by atoms with Gasteiger partial charge in [-0.15, -0.1) is 0 Å². The van der Waals surface area contributed by atoms with E-state index in [2.05, 4.69) is 17.0 Å². The number of rotatable bonds is 4. The molecule has 0 amide bonds. The molecule has 3 N–H and O–H groups in total. The Bertz CT molecular complexity index is 476. The lowest BCUT2D eigenvalue weighted by molar-refractivity contribution is 0.318. The van der Waals surface area contributed by atoms with E-state index >= 15 is 0 Å². The molecule has 4 nitrogen and oxygen atoms in total. The smallest absolute Gasteiger partial charge is 0.170 e. The second-order valence-electron chi connectivity index (χ2n) is 5.04. The molecule has 1 atom stereocenters. The molecule has 0 aromatic heterocycles. The fraction of sp³-hybridized carbons (Fsp3) is 0.500. The van der Waals surface area contributed by atoms with Crippen LogP contribution in [0.5, 0.6) is 0 Å². The Kier molecular flexibility index (Phi) is 4.53. The lowest BCUT2D eigenvalue weighted by atomic mass is 10.0. The predicted octanol–water partition coefficient (Wildman–Crippen LogP) is 3.06. The van der Waals surface area contributed by atoms with E-state index in [-0.39, 0.29) is 5.84 Å². The van der Waals surface area contributed by atoms with Gasteiger partial charge in [0.05, 0.1) is 10.7 Å². The number of halogens is 1. The molecule has 1 aromatic carbocycles. The third kappa shape index (κ3) is 3.13. The Morgan fingerprint density at radius 3 is 3.00 bits per heavy atom. The SMILES string of the molecule is CCCC1CCN(c2ccc(/C(N)=N/O)cc2Cl)C1. The summed E-state index contributed by atoms with van der Waals surface area (Å²) >= 11 is 6.30. The van der Waals surface area contributed by atoms with Gasteiger partial charge >= 0.3 is 0 Å². The Hall–Kier alpha value is -1.42. The van der Waals surface area contributed by atoms with Crippen LogP contribution in [0.1, 0.15) is 31.7 Å². The molecule has 0 aliphatic carbocycles. The van der Waals surface area contributed by atoms with Gasteiger partial charge in [-0.3, -0.25) is 0 Å². The summed E-state index contributed by atoms with van der Waals surface area (Å²) in [5.74, 6) is 0.851. The van der Waals surface area contributed by atoms with E-state index in [9.17, 15) is 0 Å². The van der Waals surface area contributed by atoms with E-state index in [1.54, 1.807) is 6.07 Å². The average molecular weight is 282 g/mol. The van der Waals surface area contributed by atoms with Crippen LogP contribution in [0.4, 0.5) is 5.69 Å². The van der Waals surface area contributed by atoms with Crippen molar-refractivity contribution in [1.29, 1.82) is 0 Å². The lowest BCUT2D eigenvalue weighted by Gasteiger charge is -2.20. The average Bonchev–Trinajstić information content (AvgIpc) is 2.86. The van der Waals surface area contributed by atoms with Crippen molar-refractivity contribution in [3.8, 4) is 0 Å². The van der Waals surface area contributed by atoms with Crippen LogP contribution >= 0.6 is 11.6 Å². The topological polar surface area (TPSA) is 61.8 Å². The molecule has 1 fully saturated rings. The molecule has 0 spiro atoms. The van der Waals surface area contributed by atoms with Gasteiger partial charge in [-0.25, -0.2) is 0 Å². The highest BCUT2D eigenvalue weighted by molar-refractivity contribution is 6.33. The first-order valence-electron chi connectivity index (χ1n) is 6.68. The fourth-order valence-electron chi connectivity index (χ4n) is 2.68. The number of hydrogen-bond acceptors (Lipinski definition) is 3. The monoisotopic (exact) mass is 281 g/mol. The van der Waals surface area contributed by atoms with Gasteiger partial charge in [0.2, 0.25) is 0 Å². The third-order valence-corrected chi connectivity index (χ3v) is 3.98. The predicted molar refractivity (Wildman–Crippen MR) is 79.2 cm³/mol. The zero-order chi connectivity index (χ0) is 13.8. The normalized spacial score (nSPS) is 20.0. The van der Waals surface area contributed by atoms with Gasteiger partial charge in [0.25, 0.3) is 0 Å². The van der Waals surface area contributed by atoms with Crippen molar-refractivity contribution in [3.05, 3.63) is 28.8 Å². The zero-order valence-electron chi connectivity index (χ0n) is 11.1. The molecule has 1 aliphatic rings. The number of nitrogens with zero attached hydrogens (tertiary/aromatic N) is 2. The maximum Gasteiger partial charge on any atom is 0.170 e. The van der Waals surface area contributed by atoms with E-state index in [1.165, 1.54) is 19.3 Å². The Morgan fingerprint density at radius 1 is 1.58 bits per heavy atom. The van der Waals surface area contributed by atoms with E-state index in [1.807, 2.05) is 12.1 Å². The van der Waals surface area contributed by atoms with Crippen LogP contribution in [-0.2, 0) is 0 Å². The first-order valence-corrected chi connectivity index (χ1v) is 7.06. The molecule has 0 bridgehead atoms. The first-order chi connectivity index (χ1) is 9.15. The van der Waals surface area contributed by atoms with Crippen LogP contribution in [0.15, 0.2) is 23.4 Å². The van der Waals surface area contributed by atoms with Crippen LogP contribution in [0, 0.1) is 5.92 Å². The van der Waals surface area contributed by atoms with Gasteiger partial charge < -0.3 is 15.8 Å². The summed E-state index contributed by atoms with van der Waals surface area (Å²) in [4.78, 5) is 2.32. The summed E-state index contributed by atoms with van der Waals surface area (Å²) in [7, 11) is 0. The molecule has 1 heterocycles. The minimum Gasteiger partial charge on any atom is -0.409 e. The minimum absolute atomic E-state index is 0.0822. The highest BCUT2D eigenvalue weighted by atomic mass is 35.5. The molecular formula is C14H20ClN3O. The van der Waals surface area contributed by atoms with Crippen molar-refractivity contribution >= 4 is 23.1 Å². The van der Waals surface area contributed by atoms with Crippen molar-refractivity contribution in [3.63, 3.8) is 0 Å². The van der Waals surface area contributed by atoms with Crippen molar-refractivity contribution in [2.75, 3.05) is 18.0 Å². The van der Waals surface area contributed by atoms with Gasteiger partial charge in [-0.2, -0.15) is 0 Å². The quantitative estimate of drug-likeness (QED) is 0.386. The van der Waals surface area contributed by atoms with Gasteiger partial charge in [0, 0.05) is 18.7 Å². The van der Waals surface area contributed by atoms with Crippen molar-refractivity contribution in [1.82, 2.24) is 0 Å². The first kappa shape index (κ1) is 14.0. The minimum atomic E-state index is 0.0822. The number of anilines is 1. The molecule has 1 unspecified atom stereocenters. The molecule has 0 saturated carbocycles. The molecule has 1 aromatic rings. The van der Waals surface area contributed by atoms with Crippen LogP contribution in [0.25, 0.3) is 0 Å². The summed E-state index contributed by atoms with van der Waals surface area (Å²) in [6, 6.07) is 5.53. The van der Waals surface area contributed by atoms with Gasteiger partial charge in [-0.1, -0.05) is 30.1 Å². The Morgan fingerprint density at radius 2 is 2.37 bits per heavy atom. The molecule has 5 heteroatoms. The highest BCUT2D eigenvalue weighted by Crippen LogP contribution is 2.32. The molecular weight excluding hydrogens is 262 g/mol. The Balaban J connectivity index is 2.14. The van der Waals surface area contributed by atoms with Gasteiger partial charge in [0.1, 0.15) is 0 Å². The molecule has 1 aliphatic heterocycles. The standard InChI is InChI=1S/C14H20ClN3O/c1-2-3-10-6-7-18(9-10)13-5-4-11(8-12(13)15)14(16)17-19/h4-5,8,10,19H,2-3,6-7,9H2,1H3,(H2,16,17). The molecule has 104 valence electrons. The van der Waals surface area contributed by atoms with E-state index in [4.69, 9.17) is 22.5 Å². The largest absolute Gasteiger partial charge is 0.409 e. The fourth-order valence-corrected chi connectivity index (χ4v) is 2.98. The summed E-state index contributed by atoms with van der Waals surface area (Å²) in [5.41, 5.74) is 7.23. The second-order valence-corrected chi connectivity index (χ2v) is 5.45. The maximum absolute atomic E-state index is 8.66. The molecule has 0 radical (unpaired) electrons. The van der Waals surface area contributed by atoms with E-state index in [0.29, 0.717) is 10.6 Å². The van der Waals surface area contributed by atoms with E-state index in [0.717, 1.165) is 24.7 Å². The third-order valence-electron chi connectivity index (χ3n) is 3.67. The zero-order valence-corrected chi connectivity index (χ0v) is 11.9. The van der Waals surface area contributed by atoms with Crippen molar-refractivity contribution < 1.29 is 5.21 Å². The van der Waals surface area contributed by atoms with E-state index < -0.39 is 0 Å². The number of benzene rings is 1. The number of oxime groups is 1. The van der Waals surface area contributed by atoms with Gasteiger partial charge in [0.15, 0.2) is 5.84 Å². The summed E-state index contributed by atoms with van der Waals surface area (Å²) in [5, 5.41) is 12.3. The lowest BCUT2D eigenvalue weighted by Crippen LogP contribution is -2.20. The summed E-state index contributed by atoms with van der Waals surface area (Å²) in [6.45, 7) is 4.34. The second kappa shape index (κ2) is 6.15. The molecule has 1 saturated heterocycles. The van der Waals surface area contributed by atoms with Crippen molar-refractivity contribution in [2.45, 2.75) is 26.2 Å². The maximum atomic E-state index is 8.66. The van der Waals surface area contributed by atoms with Crippen LogP contribution < -0.4 is 10.6 Å². The Labute approximate surface area is 118 Å². The number of nitrogens with two attached hydrogens (primary N) is 1. The van der Waals surface area contributed by atoms with Gasteiger partial charge in [-0.05, 0) is 37.0 Å². The summed E-state index contributed by atoms with van der Waals surface area (Å²) in [6.07, 6.45) is 3.73. The van der Waals surface area contributed by atoms with Crippen LogP contribution in [-0.4, -0.2) is 24.1 Å². The highest BCUT2D eigenvalue weighted by Gasteiger charge is 2.23. The number of amidine groups is 1. The molecule has 2 rings (SSSR count). The van der Waals surface area contributed by atoms with Crippen LogP contribution in [0.2, 0.25) is 5.02 Å². The van der Waals surface area contributed by atoms with Crippen LogP contribution in [0.3, 0.4) is 0 Å². The summed E-state index contributed by atoms with van der Waals surface area (Å²) < 4.78 is 0.